The summed E-state index contributed by atoms with van der Waals surface area (Å²) in [6.45, 7) is 6.94. The van der Waals surface area contributed by atoms with E-state index in [-0.39, 0.29) is 11.9 Å². The first-order chi connectivity index (χ1) is 10.6. The van der Waals surface area contributed by atoms with Gasteiger partial charge < -0.3 is 5.32 Å². The van der Waals surface area contributed by atoms with Crippen molar-refractivity contribution in [2.24, 2.45) is 0 Å². The van der Waals surface area contributed by atoms with Crippen LogP contribution in [0.2, 0.25) is 0 Å². The molecule has 22 heavy (non-hydrogen) atoms. The number of thioether (sulfide) groups is 1. The van der Waals surface area contributed by atoms with Gasteiger partial charge in [0.05, 0.1) is 0 Å². The number of hydrogen-bond acceptors (Lipinski definition) is 4. The second-order valence-electron chi connectivity index (χ2n) is 5.15. The Balaban J connectivity index is 2.04. The SMILES string of the molecule is CCSCCNC(=O)c1ccc(-c2ncnn2C(C)C)cc1. The maximum absolute atomic E-state index is 12.0. The van der Waals surface area contributed by atoms with E-state index in [1.54, 1.807) is 6.33 Å². The fourth-order valence-electron chi connectivity index (χ4n) is 2.09. The molecule has 0 bridgehead atoms. The van der Waals surface area contributed by atoms with Crippen LogP contribution in [0.5, 0.6) is 0 Å². The molecule has 2 rings (SSSR count). The maximum atomic E-state index is 12.0. The van der Waals surface area contributed by atoms with E-state index in [1.165, 1.54) is 0 Å². The van der Waals surface area contributed by atoms with Crippen LogP contribution in [0.3, 0.4) is 0 Å². The molecule has 0 fully saturated rings. The number of rotatable bonds is 7. The summed E-state index contributed by atoms with van der Waals surface area (Å²) in [5.41, 5.74) is 1.63. The van der Waals surface area contributed by atoms with Gasteiger partial charge in [-0.25, -0.2) is 9.67 Å². The van der Waals surface area contributed by atoms with Crippen molar-refractivity contribution < 1.29 is 4.79 Å². The smallest absolute Gasteiger partial charge is 0.251 e. The van der Waals surface area contributed by atoms with Crippen molar-refractivity contribution in [3.05, 3.63) is 36.2 Å². The van der Waals surface area contributed by atoms with E-state index < -0.39 is 0 Å². The van der Waals surface area contributed by atoms with Gasteiger partial charge in [-0.15, -0.1) is 0 Å². The van der Waals surface area contributed by atoms with Gasteiger partial charge in [0.1, 0.15) is 6.33 Å². The summed E-state index contributed by atoms with van der Waals surface area (Å²) in [6.07, 6.45) is 1.56. The number of aromatic nitrogens is 3. The lowest BCUT2D eigenvalue weighted by Gasteiger charge is -2.10. The molecule has 6 heteroatoms. The standard InChI is InChI=1S/C16H22N4OS/c1-4-22-10-9-17-16(21)14-7-5-13(6-8-14)15-18-11-19-20(15)12(2)3/h5-8,11-12H,4,9-10H2,1-3H3,(H,17,21). The van der Waals surface area contributed by atoms with Gasteiger partial charge in [-0.05, 0) is 31.7 Å². The summed E-state index contributed by atoms with van der Waals surface area (Å²) in [7, 11) is 0. The molecule has 5 nitrogen and oxygen atoms in total. The molecule has 0 unspecified atom stereocenters. The third kappa shape index (κ3) is 4.10. The van der Waals surface area contributed by atoms with Crippen LogP contribution in [0, 0.1) is 0 Å². The van der Waals surface area contributed by atoms with Crippen molar-refractivity contribution in [2.75, 3.05) is 18.1 Å². The molecule has 118 valence electrons. The van der Waals surface area contributed by atoms with Crippen molar-refractivity contribution in [2.45, 2.75) is 26.8 Å². The van der Waals surface area contributed by atoms with Gasteiger partial charge in [0.2, 0.25) is 0 Å². The minimum atomic E-state index is -0.0337. The molecule has 1 aromatic carbocycles. The summed E-state index contributed by atoms with van der Waals surface area (Å²) in [5, 5.41) is 7.16. The summed E-state index contributed by atoms with van der Waals surface area (Å²) < 4.78 is 1.87. The van der Waals surface area contributed by atoms with Gasteiger partial charge in [-0.3, -0.25) is 4.79 Å². The van der Waals surface area contributed by atoms with Gasteiger partial charge in [-0.2, -0.15) is 16.9 Å². The van der Waals surface area contributed by atoms with Crippen LogP contribution < -0.4 is 5.32 Å². The van der Waals surface area contributed by atoms with Gasteiger partial charge in [0.25, 0.3) is 5.91 Å². The van der Waals surface area contributed by atoms with E-state index in [4.69, 9.17) is 0 Å². The molecular formula is C16H22N4OS. The van der Waals surface area contributed by atoms with Crippen LogP contribution in [0.4, 0.5) is 0 Å². The van der Waals surface area contributed by atoms with Crippen LogP contribution in [0.1, 0.15) is 37.2 Å². The van der Waals surface area contributed by atoms with Crippen LogP contribution in [-0.2, 0) is 0 Å². The zero-order chi connectivity index (χ0) is 15.9. The van der Waals surface area contributed by atoms with Crippen LogP contribution in [0.15, 0.2) is 30.6 Å². The summed E-state index contributed by atoms with van der Waals surface area (Å²) in [4.78, 5) is 16.3. The monoisotopic (exact) mass is 318 g/mol. The molecule has 0 aliphatic rings. The average molecular weight is 318 g/mol. The zero-order valence-corrected chi connectivity index (χ0v) is 14.1. The summed E-state index contributed by atoms with van der Waals surface area (Å²) >= 11 is 1.82. The fourth-order valence-corrected chi connectivity index (χ4v) is 2.62. The molecule has 0 saturated carbocycles. The highest BCUT2D eigenvalue weighted by Crippen LogP contribution is 2.20. The number of amides is 1. The molecule has 2 aromatic rings. The molecular weight excluding hydrogens is 296 g/mol. The van der Waals surface area contributed by atoms with Crippen LogP contribution in [0.25, 0.3) is 11.4 Å². The maximum Gasteiger partial charge on any atom is 0.251 e. The molecule has 0 saturated heterocycles. The van der Waals surface area contributed by atoms with Gasteiger partial charge in [0, 0.05) is 29.5 Å². The van der Waals surface area contributed by atoms with Gasteiger partial charge in [0.15, 0.2) is 5.82 Å². The van der Waals surface area contributed by atoms with E-state index >= 15 is 0 Å². The minimum Gasteiger partial charge on any atom is -0.351 e. The highest BCUT2D eigenvalue weighted by molar-refractivity contribution is 7.99. The second-order valence-corrected chi connectivity index (χ2v) is 6.55. The van der Waals surface area contributed by atoms with Crippen molar-refractivity contribution in [3.8, 4) is 11.4 Å². The number of benzene rings is 1. The quantitative estimate of drug-likeness (QED) is 0.797. The van der Waals surface area contributed by atoms with Crippen molar-refractivity contribution in [1.29, 1.82) is 0 Å². The lowest BCUT2D eigenvalue weighted by Crippen LogP contribution is -2.25. The molecule has 1 N–H and O–H groups in total. The Morgan fingerprint density at radius 1 is 1.32 bits per heavy atom. The average Bonchev–Trinajstić information content (AvgIpc) is 3.01. The third-order valence-electron chi connectivity index (χ3n) is 3.20. The number of nitrogens with zero attached hydrogens (tertiary/aromatic N) is 3. The number of hydrogen-bond donors (Lipinski definition) is 1. The predicted octanol–water partition coefficient (Wildman–Crippen LogP) is 3.01. The normalized spacial score (nSPS) is 10.9. The third-order valence-corrected chi connectivity index (χ3v) is 4.10. The first-order valence-electron chi connectivity index (χ1n) is 7.49. The van der Waals surface area contributed by atoms with E-state index in [1.807, 2.05) is 40.7 Å². The zero-order valence-electron chi connectivity index (χ0n) is 13.2. The molecule has 0 radical (unpaired) electrons. The van der Waals surface area contributed by atoms with Gasteiger partial charge >= 0.3 is 0 Å². The number of carbonyl (C=O) groups is 1. The summed E-state index contributed by atoms with van der Waals surface area (Å²) in [5.74, 6) is 2.80. The largest absolute Gasteiger partial charge is 0.351 e. The van der Waals surface area contributed by atoms with Gasteiger partial charge in [-0.1, -0.05) is 19.1 Å². The van der Waals surface area contributed by atoms with E-state index in [0.717, 1.165) is 22.9 Å². The number of nitrogens with one attached hydrogen (secondary N) is 1. The Morgan fingerprint density at radius 3 is 2.68 bits per heavy atom. The van der Waals surface area contributed by atoms with Crippen molar-refractivity contribution >= 4 is 17.7 Å². The first kappa shape index (κ1) is 16.5. The first-order valence-corrected chi connectivity index (χ1v) is 8.64. The molecule has 1 heterocycles. The van der Waals surface area contributed by atoms with Crippen molar-refractivity contribution in [1.82, 2.24) is 20.1 Å². The Kier molecular flexibility index (Phi) is 6.00. The number of carbonyl (C=O) groups excluding carboxylic acids is 1. The Labute approximate surface area is 135 Å². The Morgan fingerprint density at radius 2 is 2.05 bits per heavy atom. The lowest BCUT2D eigenvalue weighted by molar-refractivity contribution is 0.0956. The van der Waals surface area contributed by atoms with Crippen LogP contribution in [-0.4, -0.2) is 38.7 Å². The lowest BCUT2D eigenvalue weighted by atomic mass is 10.1. The molecule has 1 aromatic heterocycles. The van der Waals surface area contributed by atoms with Crippen molar-refractivity contribution in [3.63, 3.8) is 0 Å². The topological polar surface area (TPSA) is 59.8 Å². The van der Waals surface area contributed by atoms with E-state index in [2.05, 4.69) is 36.2 Å². The van der Waals surface area contributed by atoms with E-state index in [9.17, 15) is 4.79 Å². The Bertz CT molecular complexity index is 607. The summed E-state index contributed by atoms with van der Waals surface area (Å²) in [6, 6.07) is 7.74. The minimum absolute atomic E-state index is 0.0337. The highest BCUT2D eigenvalue weighted by Gasteiger charge is 2.11. The fraction of sp³-hybridized carbons (Fsp3) is 0.438. The highest BCUT2D eigenvalue weighted by atomic mass is 32.2. The predicted molar refractivity (Wildman–Crippen MR) is 91.2 cm³/mol. The Hall–Kier alpha value is -1.82. The molecule has 0 atom stereocenters. The van der Waals surface area contributed by atoms with Crippen LogP contribution >= 0.6 is 11.8 Å². The molecule has 1 amide bonds. The molecule has 0 aliphatic carbocycles. The second kappa shape index (κ2) is 7.98. The molecule has 0 spiro atoms. The molecule has 0 aliphatic heterocycles. The van der Waals surface area contributed by atoms with E-state index in [0.29, 0.717) is 12.1 Å².